The van der Waals surface area contributed by atoms with Gasteiger partial charge in [-0.1, -0.05) is 44.2 Å². The number of hydrogen-bond donors (Lipinski definition) is 1. The summed E-state index contributed by atoms with van der Waals surface area (Å²) in [5, 5.41) is 9.25. The Morgan fingerprint density at radius 1 is 1.23 bits per heavy atom. The van der Waals surface area contributed by atoms with Crippen LogP contribution in [0, 0.1) is 5.41 Å². The van der Waals surface area contributed by atoms with Gasteiger partial charge in [-0.3, -0.25) is 0 Å². The summed E-state index contributed by atoms with van der Waals surface area (Å²) in [7, 11) is 0. The second-order valence-electron chi connectivity index (χ2n) is 3.98. The molecule has 1 aromatic carbocycles. The summed E-state index contributed by atoms with van der Waals surface area (Å²) in [6, 6.07) is 10.3. The van der Waals surface area contributed by atoms with E-state index in [9.17, 15) is 5.11 Å². The summed E-state index contributed by atoms with van der Waals surface area (Å²) < 4.78 is 0. The van der Waals surface area contributed by atoms with Crippen LogP contribution >= 0.6 is 0 Å². The highest BCUT2D eigenvalue weighted by molar-refractivity contribution is 5.16. The Labute approximate surface area is 80.4 Å². The van der Waals surface area contributed by atoms with Gasteiger partial charge in [0.05, 0.1) is 0 Å². The van der Waals surface area contributed by atoms with E-state index in [4.69, 9.17) is 0 Å². The van der Waals surface area contributed by atoms with E-state index in [-0.39, 0.29) is 12.0 Å². The first kappa shape index (κ1) is 10.3. The zero-order valence-corrected chi connectivity index (χ0v) is 8.46. The highest BCUT2D eigenvalue weighted by Crippen LogP contribution is 2.25. The molecule has 72 valence electrons. The summed E-state index contributed by atoms with van der Waals surface area (Å²) >= 11 is 0. The molecule has 1 nitrogen and oxygen atoms in total. The number of hydrogen-bond acceptors (Lipinski definition) is 1. The summed E-state index contributed by atoms with van der Waals surface area (Å²) in [6.07, 6.45) is 1.97. The molecule has 0 aliphatic heterocycles. The monoisotopic (exact) mass is 178 g/mol. The molecule has 1 aromatic rings. The minimum absolute atomic E-state index is 0.0430. The molecule has 0 amide bonds. The van der Waals surface area contributed by atoms with Crippen molar-refractivity contribution in [1.82, 2.24) is 0 Å². The molecule has 0 bridgehead atoms. The number of aliphatic hydroxyl groups excluding tert-OH is 1. The lowest BCUT2D eigenvalue weighted by molar-refractivity contribution is 0.138. The first-order chi connectivity index (χ1) is 6.20. The normalized spacial score (nSPS) is 15.3. The van der Waals surface area contributed by atoms with E-state index in [1.54, 1.807) is 0 Å². The van der Waals surface area contributed by atoms with Crippen molar-refractivity contribution in [3.05, 3.63) is 35.9 Å². The van der Waals surface area contributed by atoms with Crippen LogP contribution in [-0.4, -0.2) is 11.7 Å². The Morgan fingerprint density at radius 3 is 2.31 bits per heavy atom. The molecule has 0 unspecified atom stereocenters. The molecule has 0 aromatic heterocycles. The average molecular weight is 178 g/mol. The largest absolute Gasteiger partial charge is 0.396 e. The van der Waals surface area contributed by atoms with Crippen molar-refractivity contribution in [1.29, 1.82) is 0 Å². The Kier molecular flexibility index (Phi) is 3.49. The molecule has 0 heterocycles. The second kappa shape index (κ2) is 4.43. The highest BCUT2D eigenvalue weighted by atomic mass is 16.3. The quantitative estimate of drug-likeness (QED) is 0.751. The topological polar surface area (TPSA) is 20.2 Å². The van der Waals surface area contributed by atoms with E-state index in [0.29, 0.717) is 0 Å². The minimum atomic E-state index is 0.0430. The zero-order valence-electron chi connectivity index (χ0n) is 8.46. The van der Waals surface area contributed by atoms with Gasteiger partial charge in [-0.2, -0.15) is 0 Å². The maximum absolute atomic E-state index is 9.25. The van der Waals surface area contributed by atoms with Crippen molar-refractivity contribution < 1.29 is 5.11 Å². The van der Waals surface area contributed by atoms with Gasteiger partial charge in [-0.25, -0.2) is 0 Å². The molecule has 1 rings (SSSR count). The highest BCUT2D eigenvalue weighted by Gasteiger charge is 2.20. The molecule has 1 atom stereocenters. The molecular formula is C12H18O. The fourth-order valence-corrected chi connectivity index (χ4v) is 1.38. The first-order valence-corrected chi connectivity index (χ1v) is 4.85. The lowest BCUT2D eigenvalue weighted by atomic mass is 9.82. The fraction of sp³-hybridized carbons (Fsp3) is 0.500. The zero-order chi connectivity index (χ0) is 9.73. The molecular weight excluding hydrogens is 160 g/mol. The van der Waals surface area contributed by atoms with Gasteiger partial charge in [0, 0.05) is 6.61 Å². The van der Waals surface area contributed by atoms with Gasteiger partial charge in [0.15, 0.2) is 0 Å². The van der Waals surface area contributed by atoms with Gasteiger partial charge in [0.25, 0.3) is 0 Å². The molecule has 0 fully saturated rings. The molecule has 0 radical (unpaired) electrons. The van der Waals surface area contributed by atoms with Crippen molar-refractivity contribution in [2.45, 2.75) is 26.7 Å². The van der Waals surface area contributed by atoms with E-state index < -0.39 is 0 Å². The summed E-state index contributed by atoms with van der Waals surface area (Å²) in [5.74, 6) is 0. The molecule has 0 saturated carbocycles. The van der Waals surface area contributed by atoms with Crippen molar-refractivity contribution in [3.8, 4) is 0 Å². The van der Waals surface area contributed by atoms with E-state index in [0.717, 1.165) is 12.8 Å². The molecule has 0 aliphatic rings. The predicted molar refractivity (Wildman–Crippen MR) is 55.6 cm³/mol. The molecule has 0 saturated heterocycles. The van der Waals surface area contributed by atoms with E-state index in [1.807, 2.05) is 18.2 Å². The fourth-order valence-electron chi connectivity index (χ4n) is 1.38. The molecule has 0 spiro atoms. The van der Waals surface area contributed by atoms with Crippen molar-refractivity contribution in [2.24, 2.45) is 5.41 Å². The van der Waals surface area contributed by atoms with Crippen LogP contribution in [0.25, 0.3) is 0 Å². The van der Waals surface area contributed by atoms with Gasteiger partial charge in [0.1, 0.15) is 0 Å². The number of rotatable bonds is 4. The van der Waals surface area contributed by atoms with Crippen LogP contribution in [0.3, 0.4) is 0 Å². The Morgan fingerprint density at radius 2 is 1.85 bits per heavy atom. The summed E-state index contributed by atoms with van der Waals surface area (Å²) in [6.45, 7) is 4.51. The summed E-state index contributed by atoms with van der Waals surface area (Å²) in [4.78, 5) is 0. The Bertz CT molecular complexity index is 237. The number of benzene rings is 1. The lowest BCUT2D eigenvalue weighted by Gasteiger charge is -2.25. The maximum atomic E-state index is 9.25. The Hall–Kier alpha value is -0.820. The molecule has 13 heavy (non-hydrogen) atoms. The van der Waals surface area contributed by atoms with E-state index >= 15 is 0 Å². The van der Waals surface area contributed by atoms with E-state index in [1.165, 1.54) is 5.56 Å². The van der Waals surface area contributed by atoms with Crippen LogP contribution in [0.5, 0.6) is 0 Å². The molecule has 1 N–H and O–H groups in total. The average Bonchev–Trinajstić information content (AvgIpc) is 2.19. The van der Waals surface area contributed by atoms with Crippen LogP contribution in [0.2, 0.25) is 0 Å². The third-order valence-corrected chi connectivity index (χ3v) is 2.71. The van der Waals surface area contributed by atoms with Crippen molar-refractivity contribution in [3.63, 3.8) is 0 Å². The smallest absolute Gasteiger partial charge is 0.0487 e. The first-order valence-electron chi connectivity index (χ1n) is 4.85. The van der Waals surface area contributed by atoms with Gasteiger partial charge in [-0.15, -0.1) is 0 Å². The predicted octanol–water partition coefficient (Wildman–Crippen LogP) is 2.64. The van der Waals surface area contributed by atoms with Gasteiger partial charge in [0.2, 0.25) is 0 Å². The van der Waals surface area contributed by atoms with Crippen LogP contribution in [-0.2, 0) is 6.42 Å². The van der Waals surface area contributed by atoms with Crippen LogP contribution in [0.1, 0.15) is 25.8 Å². The van der Waals surface area contributed by atoms with Crippen LogP contribution < -0.4 is 0 Å². The van der Waals surface area contributed by atoms with E-state index in [2.05, 4.69) is 26.0 Å². The van der Waals surface area contributed by atoms with Crippen LogP contribution in [0.15, 0.2) is 30.3 Å². The second-order valence-corrected chi connectivity index (χ2v) is 3.98. The number of aliphatic hydroxyl groups is 1. The maximum Gasteiger partial charge on any atom is 0.0487 e. The van der Waals surface area contributed by atoms with Crippen molar-refractivity contribution >= 4 is 0 Å². The SMILES string of the molecule is CC[C@@](C)(CO)Cc1ccccc1. The van der Waals surface area contributed by atoms with Crippen molar-refractivity contribution in [2.75, 3.05) is 6.61 Å². The standard InChI is InChI=1S/C12H18O/c1-3-12(2,10-13)9-11-7-5-4-6-8-11/h4-8,13H,3,9-10H2,1-2H3/t12-/m1/s1. The third-order valence-electron chi connectivity index (χ3n) is 2.71. The third kappa shape index (κ3) is 2.85. The molecule has 1 heteroatoms. The van der Waals surface area contributed by atoms with Crippen LogP contribution in [0.4, 0.5) is 0 Å². The van der Waals surface area contributed by atoms with Gasteiger partial charge >= 0.3 is 0 Å². The Balaban J connectivity index is 2.68. The minimum Gasteiger partial charge on any atom is -0.396 e. The molecule has 0 aliphatic carbocycles. The lowest BCUT2D eigenvalue weighted by Crippen LogP contribution is -2.23. The van der Waals surface area contributed by atoms with Gasteiger partial charge in [-0.05, 0) is 23.8 Å². The summed E-state index contributed by atoms with van der Waals surface area (Å²) in [5.41, 5.74) is 1.35. The van der Waals surface area contributed by atoms with Gasteiger partial charge < -0.3 is 5.11 Å².